The van der Waals surface area contributed by atoms with Crippen molar-refractivity contribution in [3.05, 3.63) is 46.8 Å². The van der Waals surface area contributed by atoms with Crippen molar-refractivity contribution in [3.8, 4) is 0 Å². The van der Waals surface area contributed by atoms with Crippen LogP contribution >= 0.6 is 0 Å². The molecule has 4 rings (SSSR count). The van der Waals surface area contributed by atoms with Gasteiger partial charge in [0.1, 0.15) is 0 Å². The summed E-state index contributed by atoms with van der Waals surface area (Å²) in [6, 6.07) is 1.72. The summed E-state index contributed by atoms with van der Waals surface area (Å²) in [7, 11) is 0. The molecular formula is C20H22F3N7O3. The van der Waals surface area contributed by atoms with Gasteiger partial charge in [-0.15, -0.1) is 0 Å². The Morgan fingerprint density at radius 2 is 1.82 bits per heavy atom. The zero-order valence-electron chi connectivity index (χ0n) is 17.6. The van der Waals surface area contributed by atoms with Crippen LogP contribution in [-0.2, 0) is 22.3 Å². The second-order valence-corrected chi connectivity index (χ2v) is 7.51. The van der Waals surface area contributed by atoms with E-state index in [1.54, 1.807) is 28.3 Å². The van der Waals surface area contributed by atoms with Crippen LogP contribution in [-0.4, -0.2) is 74.9 Å². The molecule has 0 spiro atoms. The molecule has 1 amide bonds. The monoisotopic (exact) mass is 465 g/mol. The number of alkyl halides is 3. The topological polar surface area (TPSA) is 109 Å². The summed E-state index contributed by atoms with van der Waals surface area (Å²) in [5.74, 6) is 0.165. The van der Waals surface area contributed by atoms with Crippen molar-refractivity contribution < 1.29 is 22.7 Å². The maximum absolute atomic E-state index is 12.6. The second-order valence-electron chi connectivity index (χ2n) is 7.51. The first-order valence-electron chi connectivity index (χ1n) is 10.3. The van der Waals surface area contributed by atoms with Crippen molar-refractivity contribution in [3.63, 3.8) is 0 Å². The molecule has 1 saturated heterocycles. The van der Waals surface area contributed by atoms with Gasteiger partial charge in [0.05, 0.1) is 42.3 Å². The van der Waals surface area contributed by atoms with E-state index < -0.39 is 11.7 Å². The van der Waals surface area contributed by atoms with Crippen LogP contribution in [0.2, 0.25) is 0 Å². The molecule has 3 aromatic rings. The van der Waals surface area contributed by atoms with Gasteiger partial charge in [0.25, 0.3) is 5.56 Å². The van der Waals surface area contributed by atoms with Gasteiger partial charge < -0.3 is 19.1 Å². The lowest BCUT2D eigenvalue weighted by Crippen LogP contribution is -2.49. The molecule has 0 bridgehead atoms. The van der Waals surface area contributed by atoms with Crippen LogP contribution in [0.3, 0.4) is 0 Å². The van der Waals surface area contributed by atoms with Crippen LogP contribution in [0, 0.1) is 0 Å². The van der Waals surface area contributed by atoms with E-state index in [0.29, 0.717) is 50.2 Å². The summed E-state index contributed by atoms with van der Waals surface area (Å²) in [6.45, 7) is 2.90. The number of carbonyl (C=O) groups is 1. The molecule has 1 fully saturated rings. The normalized spacial score (nSPS) is 14.8. The molecule has 0 aromatic carbocycles. The Morgan fingerprint density at radius 1 is 1.09 bits per heavy atom. The van der Waals surface area contributed by atoms with E-state index in [4.69, 9.17) is 4.74 Å². The van der Waals surface area contributed by atoms with Crippen LogP contribution in [0.1, 0.15) is 12.0 Å². The number of aromatic nitrogens is 5. The third kappa shape index (κ3) is 5.30. The van der Waals surface area contributed by atoms with Crippen LogP contribution in [0.25, 0.3) is 10.9 Å². The first kappa shape index (κ1) is 22.7. The number of hydrogen-bond donors (Lipinski definition) is 1. The highest BCUT2D eigenvalue weighted by Gasteiger charge is 2.32. The molecule has 0 unspecified atom stereocenters. The smallest absolute Gasteiger partial charge is 0.379 e. The van der Waals surface area contributed by atoms with E-state index in [0.717, 1.165) is 12.4 Å². The predicted octanol–water partition coefficient (Wildman–Crippen LogP) is 1.29. The van der Waals surface area contributed by atoms with Crippen molar-refractivity contribution in [2.75, 3.05) is 44.3 Å². The highest BCUT2D eigenvalue weighted by molar-refractivity contribution is 5.78. The van der Waals surface area contributed by atoms with Gasteiger partial charge in [0.2, 0.25) is 11.9 Å². The fourth-order valence-corrected chi connectivity index (χ4v) is 3.60. The van der Waals surface area contributed by atoms with Crippen LogP contribution < -0.4 is 10.5 Å². The number of fused-ring (bicyclic) bond motifs is 1. The number of piperazine rings is 1. The van der Waals surface area contributed by atoms with E-state index >= 15 is 0 Å². The molecule has 176 valence electrons. The Bertz CT molecular complexity index is 1150. The molecule has 0 radical (unpaired) electrons. The summed E-state index contributed by atoms with van der Waals surface area (Å²) in [5, 5.41) is 6.74. The lowest BCUT2D eigenvalue weighted by atomic mass is 10.3. The lowest BCUT2D eigenvalue weighted by Gasteiger charge is -2.34. The van der Waals surface area contributed by atoms with E-state index in [1.165, 1.54) is 0 Å². The number of anilines is 1. The number of nitrogens with zero attached hydrogens (tertiary/aromatic N) is 6. The molecule has 3 aromatic heterocycles. The molecule has 10 nitrogen and oxygen atoms in total. The van der Waals surface area contributed by atoms with Crippen LogP contribution in [0.15, 0.2) is 35.6 Å². The van der Waals surface area contributed by atoms with Gasteiger partial charge in [0.15, 0.2) is 0 Å². The minimum absolute atomic E-state index is 0.0508. The summed E-state index contributed by atoms with van der Waals surface area (Å²) >= 11 is 0. The number of aromatic amines is 1. The van der Waals surface area contributed by atoms with Gasteiger partial charge in [-0.3, -0.25) is 9.59 Å². The van der Waals surface area contributed by atoms with E-state index in [-0.39, 0.29) is 30.4 Å². The summed E-state index contributed by atoms with van der Waals surface area (Å²) < 4.78 is 45.4. The molecule has 0 saturated carbocycles. The quantitative estimate of drug-likeness (QED) is 0.524. The fraction of sp³-hybridized carbons (Fsp3) is 0.450. The third-order valence-electron chi connectivity index (χ3n) is 5.42. The number of hydrogen-bond acceptors (Lipinski definition) is 7. The van der Waals surface area contributed by atoms with Crippen LogP contribution in [0.5, 0.6) is 0 Å². The molecule has 13 heteroatoms. The van der Waals surface area contributed by atoms with Crippen molar-refractivity contribution in [2.24, 2.45) is 0 Å². The molecule has 0 atom stereocenters. The molecule has 1 aliphatic rings. The summed E-state index contributed by atoms with van der Waals surface area (Å²) in [4.78, 5) is 35.2. The third-order valence-corrected chi connectivity index (χ3v) is 5.42. The van der Waals surface area contributed by atoms with Crippen molar-refractivity contribution >= 4 is 22.8 Å². The number of ether oxygens (including phenoxy) is 1. The average molecular weight is 465 g/mol. The molecular weight excluding hydrogens is 443 g/mol. The Kier molecular flexibility index (Phi) is 6.58. The number of nitrogens with one attached hydrogen (secondary N) is 1. The first-order valence-corrected chi connectivity index (χ1v) is 10.3. The van der Waals surface area contributed by atoms with Gasteiger partial charge in [-0.1, -0.05) is 0 Å². The van der Waals surface area contributed by atoms with E-state index in [9.17, 15) is 22.8 Å². The maximum Gasteiger partial charge on any atom is 0.419 e. The SMILES string of the molecule is O=C(CCOCCn1ccc2c(=O)[nH]ncc21)N1CCN(c2ncc(C(F)(F)F)cn2)CC1. The van der Waals surface area contributed by atoms with Gasteiger partial charge in [-0.05, 0) is 6.07 Å². The standard InChI is InChI=1S/C20H22F3N7O3/c21-20(22,23)14-11-24-19(25-12-14)30-6-4-29(5-7-30)17(31)2-9-33-10-8-28-3-1-15-16(28)13-26-27-18(15)32/h1,3,11-13H,2,4-10H2,(H,27,32). The maximum atomic E-state index is 12.6. The highest BCUT2D eigenvalue weighted by atomic mass is 19.4. The van der Waals surface area contributed by atoms with E-state index in [1.807, 2.05) is 4.57 Å². The minimum Gasteiger partial charge on any atom is -0.379 e. The lowest BCUT2D eigenvalue weighted by molar-refractivity contribution is -0.138. The number of H-pyrrole nitrogens is 1. The molecule has 1 aliphatic heterocycles. The second kappa shape index (κ2) is 9.57. The van der Waals surface area contributed by atoms with Crippen molar-refractivity contribution in [1.82, 2.24) is 29.6 Å². The van der Waals surface area contributed by atoms with E-state index in [2.05, 4.69) is 20.2 Å². The Balaban J connectivity index is 1.17. The summed E-state index contributed by atoms with van der Waals surface area (Å²) in [5.41, 5.74) is -0.425. The number of rotatable bonds is 7. The van der Waals surface area contributed by atoms with Crippen molar-refractivity contribution in [1.29, 1.82) is 0 Å². The van der Waals surface area contributed by atoms with Gasteiger partial charge in [-0.2, -0.15) is 18.3 Å². The van der Waals surface area contributed by atoms with Gasteiger partial charge >= 0.3 is 6.18 Å². The zero-order chi connectivity index (χ0) is 23.4. The van der Waals surface area contributed by atoms with Crippen molar-refractivity contribution in [2.45, 2.75) is 19.1 Å². The predicted molar refractivity (Wildman–Crippen MR) is 112 cm³/mol. The molecule has 33 heavy (non-hydrogen) atoms. The van der Waals surface area contributed by atoms with Gasteiger partial charge in [-0.25, -0.2) is 15.1 Å². The average Bonchev–Trinajstić information content (AvgIpc) is 3.23. The highest BCUT2D eigenvalue weighted by Crippen LogP contribution is 2.28. The molecule has 0 aliphatic carbocycles. The number of halogens is 3. The number of carbonyl (C=O) groups excluding carboxylic acids is 1. The summed E-state index contributed by atoms with van der Waals surface area (Å²) in [6.07, 6.45) is 0.651. The fourth-order valence-electron chi connectivity index (χ4n) is 3.60. The Morgan fingerprint density at radius 3 is 2.52 bits per heavy atom. The zero-order valence-corrected chi connectivity index (χ0v) is 17.6. The largest absolute Gasteiger partial charge is 0.419 e. The Hall–Kier alpha value is -3.48. The molecule has 1 N–H and O–H groups in total. The molecule has 4 heterocycles. The van der Waals surface area contributed by atoms with Crippen LogP contribution in [0.4, 0.5) is 19.1 Å². The minimum atomic E-state index is -4.47. The van der Waals surface area contributed by atoms with Gasteiger partial charge in [0, 0.05) is 51.3 Å². The Labute approximate surface area is 186 Å². The first-order chi connectivity index (χ1) is 15.8. The number of amides is 1.